The standard InChI is InChI=1S/C34H33FN4O5/c35-28-18-21(5-7-24(28)20-37-14-16-38(17-15-37)25-10-8-23(9-11-25)32(36)42)4-6-22-2-1-3-27-31(22)34(44)39(33(27)43)29-13-12-26(40)19-30(29)41/h1-3,5,7-11,18,29H,4,6,12-17,19-20H2,(H2,36,42). The van der Waals surface area contributed by atoms with Crippen molar-refractivity contribution in [1.29, 1.82) is 0 Å². The molecule has 1 saturated heterocycles. The number of amides is 3. The molecule has 2 N–H and O–H groups in total. The lowest BCUT2D eigenvalue weighted by Gasteiger charge is -2.36. The van der Waals surface area contributed by atoms with Gasteiger partial charge in [-0.1, -0.05) is 24.3 Å². The van der Waals surface area contributed by atoms with Gasteiger partial charge < -0.3 is 10.6 Å². The molecule has 1 atom stereocenters. The molecule has 0 radical (unpaired) electrons. The molecule has 3 amide bonds. The maximum Gasteiger partial charge on any atom is 0.262 e. The van der Waals surface area contributed by atoms with E-state index in [1.165, 1.54) is 6.07 Å². The first kappa shape index (κ1) is 29.4. The van der Waals surface area contributed by atoms with Crippen molar-refractivity contribution >= 4 is 35.0 Å². The van der Waals surface area contributed by atoms with E-state index < -0.39 is 29.5 Å². The first-order chi connectivity index (χ1) is 21.2. The number of rotatable bonds is 8. The van der Waals surface area contributed by atoms with Crippen LogP contribution in [-0.4, -0.2) is 71.3 Å². The van der Waals surface area contributed by atoms with Gasteiger partial charge in [0.2, 0.25) is 5.91 Å². The van der Waals surface area contributed by atoms with Gasteiger partial charge in [0, 0.05) is 56.0 Å². The number of primary amides is 1. The van der Waals surface area contributed by atoms with E-state index in [0.717, 1.165) is 42.3 Å². The Labute approximate surface area is 254 Å². The van der Waals surface area contributed by atoms with E-state index in [2.05, 4.69) is 9.80 Å². The molecule has 0 aromatic heterocycles. The Balaban J connectivity index is 1.06. The van der Waals surface area contributed by atoms with Gasteiger partial charge in [0.05, 0.1) is 23.6 Å². The molecule has 1 aliphatic carbocycles. The molecule has 1 saturated carbocycles. The summed E-state index contributed by atoms with van der Waals surface area (Å²) in [4.78, 5) is 67.5. The highest BCUT2D eigenvalue weighted by molar-refractivity contribution is 6.24. The van der Waals surface area contributed by atoms with Gasteiger partial charge in [-0.05, 0) is 66.8 Å². The van der Waals surface area contributed by atoms with E-state index in [-0.39, 0.29) is 36.4 Å². The van der Waals surface area contributed by atoms with Crippen molar-refractivity contribution in [2.24, 2.45) is 5.73 Å². The molecule has 44 heavy (non-hydrogen) atoms. The minimum absolute atomic E-state index is 0.159. The molecule has 10 heteroatoms. The number of anilines is 1. The van der Waals surface area contributed by atoms with Crippen LogP contribution in [0.4, 0.5) is 10.1 Å². The van der Waals surface area contributed by atoms with E-state index in [1.54, 1.807) is 36.4 Å². The summed E-state index contributed by atoms with van der Waals surface area (Å²) in [5.74, 6) is -2.31. The number of halogens is 1. The van der Waals surface area contributed by atoms with Gasteiger partial charge in [0.15, 0.2) is 5.78 Å². The lowest BCUT2D eigenvalue weighted by Crippen LogP contribution is -2.47. The second-order valence-electron chi connectivity index (χ2n) is 11.7. The molecule has 3 aliphatic rings. The van der Waals surface area contributed by atoms with Crippen LogP contribution in [0.1, 0.15) is 67.0 Å². The average molecular weight is 597 g/mol. The Kier molecular flexibility index (Phi) is 8.09. The number of imide groups is 1. The SMILES string of the molecule is NC(=O)c1ccc(N2CCN(Cc3ccc(CCc4cccc5c4C(=O)N(C4CCC(=O)CC4=O)C5=O)cc3F)CC2)cc1. The second-order valence-corrected chi connectivity index (χ2v) is 11.7. The highest BCUT2D eigenvalue weighted by Gasteiger charge is 2.45. The largest absolute Gasteiger partial charge is 0.369 e. The van der Waals surface area contributed by atoms with Crippen LogP contribution in [0, 0.1) is 5.82 Å². The third-order valence-corrected chi connectivity index (χ3v) is 8.87. The molecule has 1 unspecified atom stereocenters. The monoisotopic (exact) mass is 596 g/mol. The van der Waals surface area contributed by atoms with E-state index in [9.17, 15) is 24.0 Å². The molecule has 0 spiro atoms. The zero-order chi connectivity index (χ0) is 31.0. The van der Waals surface area contributed by atoms with Gasteiger partial charge in [-0.2, -0.15) is 0 Å². The van der Waals surface area contributed by atoms with Gasteiger partial charge >= 0.3 is 0 Å². The highest BCUT2D eigenvalue weighted by Crippen LogP contribution is 2.32. The predicted octanol–water partition coefficient (Wildman–Crippen LogP) is 3.32. The van der Waals surface area contributed by atoms with Crippen molar-refractivity contribution < 1.29 is 28.4 Å². The first-order valence-electron chi connectivity index (χ1n) is 14.9. The number of carbonyl (C=O) groups excluding carboxylic acids is 5. The van der Waals surface area contributed by atoms with Crippen molar-refractivity contribution in [2.75, 3.05) is 31.1 Å². The Bertz CT molecular complexity index is 1660. The Morgan fingerprint density at radius 3 is 2.30 bits per heavy atom. The van der Waals surface area contributed by atoms with Crippen LogP contribution in [0.25, 0.3) is 0 Å². The number of Topliss-reactive ketones (excluding diaryl/α,β-unsaturated/α-hetero) is 2. The van der Waals surface area contributed by atoms with Crippen molar-refractivity contribution in [1.82, 2.24) is 9.80 Å². The van der Waals surface area contributed by atoms with Crippen molar-refractivity contribution in [2.45, 2.75) is 44.7 Å². The second kappa shape index (κ2) is 12.1. The molecular formula is C34H33FN4O5. The zero-order valence-corrected chi connectivity index (χ0v) is 24.3. The summed E-state index contributed by atoms with van der Waals surface area (Å²) in [5, 5.41) is 0. The van der Waals surface area contributed by atoms with Crippen molar-refractivity contribution in [3.8, 4) is 0 Å². The van der Waals surface area contributed by atoms with Gasteiger partial charge in [-0.15, -0.1) is 0 Å². The number of carbonyl (C=O) groups is 5. The molecule has 2 aliphatic heterocycles. The number of piperazine rings is 1. The van der Waals surface area contributed by atoms with Crippen LogP contribution < -0.4 is 10.6 Å². The number of nitrogens with zero attached hydrogens (tertiary/aromatic N) is 3. The topological polar surface area (TPSA) is 121 Å². The summed E-state index contributed by atoms with van der Waals surface area (Å²) in [7, 11) is 0. The summed E-state index contributed by atoms with van der Waals surface area (Å²) in [6.07, 6.45) is 0.971. The third-order valence-electron chi connectivity index (χ3n) is 8.87. The van der Waals surface area contributed by atoms with Crippen LogP contribution in [0.3, 0.4) is 0 Å². The van der Waals surface area contributed by atoms with Gasteiger partial charge in [0.1, 0.15) is 11.6 Å². The molecule has 3 aromatic rings. The van der Waals surface area contributed by atoms with E-state index in [0.29, 0.717) is 41.6 Å². The summed E-state index contributed by atoms with van der Waals surface area (Å²) in [6, 6.07) is 16.7. The van der Waals surface area contributed by atoms with Gasteiger partial charge in [-0.25, -0.2) is 4.39 Å². The quantitative estimate of drug-likeness (QED) is 0.313. The van der Waals surface area contributed by atoms with Crippen LogP contribution >= 0.6 is 0 Å². The van der Waals surface area contributed by atoms with Gasteiger partial charge in [-0.3, -0.25) is 33.8 Å². The van der Waals surface area contributed by atoms with Crippen LogP contribution in [0.15, 0.2) is 60.7 Å². The number of fused-ring (bicyclic) bond motifs is 1. The molecule has 9 nitrogen and oxygen atoms in total. The number of nitrogens with two attached hydrogens (primary N) is 1. The minimum atomic E-state index is -0.910. The lowest BCUT2D eigenvalue weighted by molar-refractivity contribution is -0.132. The normalized spacial score (nSPS) is 19.1. The van der Waals surface area contributed by atoms with Crippen LogP contribution in [0.5, 0.6) is 0 Å². The predicted molar refractivity (Wildman–Crippen MR) is 161 cm³/mol. The fourth-order valence-corrected chi connectivity index (χ4v) is 6.39. The van der Waals surface area contributed by atoms with Crippen molar-refractivity contribution in [3.63, 3.8) is 0 Å². The lowest BCUT2D eigenvalue weighted by atomic mass is 9.92. The highest BCUT2D eigenvalue weighted by atomic mass is 19.1. The first-order valence-corrected chi connectivity index (χ1v) is 14.9. The maximum atomic E-state index is 15.2. The summed E-state index contributed by atoms with van der Waals surface area (Å²) in [6.45, 7) is 3.59. The molecule has 2 heterocycles. The van der Waals surface area contributed by atoms with Crippen LogP contribution in [-0.2, 0) is 29.0 Å². The summed E-state index contributed by atoms with van der Waals surface area (Å²) >= 11 is 0. The fraction of sp³-hybridized carbons (Fsp3) is 0.324. The van der Waals surface area contributed by atoms with Gasteiger partial charge in [0.25, 0.3) is 11.8 Å². The molecular weight excluding hydrogens is 563 g/mol. The molecule has 0 bridgehead atoms. The number of hydrogen-bond acceptors (Lipinski definition) is 7. The molecule has 6 rings (SSSR count). The van der Waals surface area contributed by atoms with Crippen molar-refractivity contribution in [3.05, 3.63) is 99.9 Å². The molecule has 226 valence electrons. The van der Waals surface area contributed by atoms with Crippen LogP contribution in [0.2, 0.25) is 0 Å². The number of benzene rings is 3. The number of ketones is 2. The third kappa shape index (κ3) is 5.77. The smallest absolute Gasteiger partial charge is 0.262 e. The molecule has 3 aromatic carbocycles. The van der Waals surface area contributed by atoms with E-state index >= 15 is 4.39 Å². The molecule has 2 fully saturated rings. The Hall–Kier alpha value is -4.70. The Morgan fingerprint density at radius 1 is 0.864 bits per heavy atom. The van der Waals surface area contributed by atoms with E-state index in [1.807, 2.05) is 18.2 Å². The summed E-state index contributed by atoms with van der Waals surface area (Å²) in [5.41, 5.74) is 9.45. The maximum absolute atomic E-state index is 15.2. The number of hydrogen-bond donors (Lipinski definition) is 1. The Morgan fingerprint density at radius 2 is 1.61 bits per heavy atom. The number of aryl methyl sites for hydroxylation is 2. The minimum Gasteiger partial charge on any atom is -0.369 e. The average Bonchev–Trinajstić information content (AvgIpc) is 3.27. The fourth-order valence-electron chi connectivity index (χ4n) is 6.39. The van der Waals surface area contributed by atoms with E-state index in [4.69, 9.17) is 5.73 Å². The summed E-state index contributed by atoms with van der Waals surface area (Å²) < 4.78 is 15.2. The zero-order valence-electron chi connectivity index (χ0n) is 24.3.